The summed E-state index contributed by atoms with van der Waals surface area (Å²) in [5, 5.41) is 0.441. The number of benzene rings is 2. The van der Waals surface area contributed by atoms with Gasteiger partial charge < -0.3 is 19.2 Å². The molecule has 1 aliphatic carbocycles. The van der Waals surface area contributed by atoms with Gasteiger partial charge in [0.2, 0.25) is 0 Å². The standard InChI is InChI=1S/C28H23Cl2F2N3O6/c29-18-11-33-12-19(30)17(18)10-23(16-7-8-22(41-28(31)32)24(9-16)39-14-15-5-6-15)40-25(36)13-35-21-4-2-1-3-20(21)34-26(37)27(35)38/h1-4,7-9,11-12,15,23,28H,5-6,10,13-14H2,(H,34,37). The lowest BCUT2D eigenvalue weighted by Crippen LogP contribution is -2.38. The SMILES string of the molecule is O=C(Cn1c(=O)c(=O)[nH]c2ccccc21)OC(Cc1c(Cl)cncc1Cl)c1ccc(OC(F)F)c(OCC2CC2)c1. The van der Waals surface area contributed by atoms with E-state index < -0.39 is 36.3 Å². The predicted octanol–water partition coefficient (Wildman–Crippen LogP) is 5.31. The molecule has 1 N–H and O–H groups in total. The Labute approximate surface area is 241 Å². The monoisotopic (exact) mass is 605 g/mol. The number of halogens is 4. The molecule has 0 saturated heterocycles. The Bertz CT molecular complexity index is 1690. The lowest BCUT2D eigenvalue weighted by Gasteiger charge is -2.22. The van der Waals surface area contributed by atoms with Crippen LogP contribution in [0.4, 0.5) is 8.78 Å². The maximum Gasteiger partial charge on any atom is 0.387 e. The molecule has 1 atom stereocenters. The Morgan fingerprint density at radius 1 is 1.07 bits per heavy atom. The van der Waals surface area contributed by atoms with Crippen molar-refractivity contribution in [2.45, 2.75) is 38.5 Å². The number of alkyl halides is 2. The summed E-state index contributed by atoms with van der Waals surface area (Å²) in [5.74, 6) is -0.638. The lowest BCUT2D eigenvalue weighted by molar-refractivity contribution is -0.150. The van der Waals surface area contributed by atoms with Crippen LogP contribution in [0.3, 0.4) is 0 Å². The highest BCUT2D eigenvalue weighted by Gasteiger charge is 2.26. The van der Waals surface area contributed by atoms with Gasteiger partial charge in [0, 0.05) is 18.8 Å². The van der Waals surface area contributed by atoms with Crippen LogP contribution in [-0.4, -0.2) is 33.7 Å². The Balaban J connectivity index is 1.49. The molecular formula is C28H23Cl2F2N3O6. The Morgan fingerprint density at radius 3 is 2.51 bits per heavy atom. The van der Waals surface area contributed by atoms with Gasteiger partial charge in [0.05, 0.1) is 27.7 Å². The van der Waals surface area contributed by atoms with Gasteiger partial charge in [-0.15, -0.1) is 0 Å². The van der Waals surface area contributed by atoms with Crippen LogP contribution < -0.4 is 20.6 Å². The highest BCUT2D eigenvalue weighted by atomic mass is 35.5. The molecule has 9 nitrogen and oxygen atoms in total. The quantitative estimate of drug-likeness (QED) is 0.182. The zero-order valence-corrected chi connectivity index (χ0v) is 22.8. The first-order valence-corrected chi connectivity index (χ1v) is 13.4. The summed E-state index contributed by atoms with van der Waals surface area (Å²) >= 11 is 12.7. The number of carbonyl (C=O) groups excluding carboxylic acids is 1. The Morgan fingerprint density at radius 2 is 1.80 bits per heavy atom. The molecule has 4 aromatic rings. The van der Waals surface area contributed by atoms with Crippen LogP contribution in [0.1, 0.15) is 30.1 Å². The highest BCUT2D eigenvalue weighted by Crippen LogP contribution is 2.38. The third kappa shape index (κ3) is 6.86. The van der Waals surface area contributed by atoms with Crippen LogP contribution in [0.25, 0.3) is 11.0 Å². The normalized spacial score (nSPS) is 13.8. The van der Waals surface area contributed by atoms with Crippen molar-refractivity contribution in [1.29, 1.82) is 0 Å². The van der Waals surface area contributed by atoms with Gasteiger partial charge >= 0.3 is 23.7 Å². The smallest absolute Gasteiger partial charge is 0.387 e. The summed E-state index contributed by atoms with van der Waals surface area (Å²) in [5.41, 5.74) is -0.331. The van der Waals surface area contributed by atoms with Crippen molar-refractivity contribution in [3.8, 4) is 11.5 Å². The van der Waals surface area contributed by atoms with Crippen LogP contribution >= 0.6 is 23.2 Å². The number of nitrogens with zero attached hydrogens (tertiary/aromatic N) is 2. The molecule has 2 aromatic heterocycles. The van der Waals surface area contributed by atoms with E-state index in [1.807, 2.05) is 0 Å². The van der Waals surface area contributed by atoms with E-state index in [0.29, 0.717) is 34.7 Å². The van der Waals surface area contributed by atoms with E-state index in [0.717, 1.165) is 17.4 Å². The van der Waals surface area contributed by atoms with Crippen molar-refractivity contribution in [2.24, 2.45) is 5.92 Å². The number of para-hydroxylation sites is 2. The largest absolute Gasteiger partial charge is 0.489 e. The fraction of sp³-hybridized carbons (Fsp3) is 0.286. The summed E-state index contributed by atoms with van der Waals surface area (Å²) in [7, 11) is 0. The fourth-order valence-electron chi connectivity index (χ4n) is 4.27. The van der Waals surface area contributed by atoms with Gasteiger partial charge in [0.25, 0.3) is 0 Å². The third-order valence-corrected chi connectivity index (χ3v) is 7.16. The molecule has 2 aromatic carbocycles. The molecule has 13 heteroatoms. The topological polar surface area (TPSA) is 113 Å². The average Bonchev–Trinajstić information content (AvgIpc) is 3.76. The molecule has 1 saturated carbocycles. The number of ether oxygens (including phenoxy) is 3. The average molecular weight is 606 g/mol. The summed E-state index contributed by atoms with van der Waals surface area (Å²) < 4.78 is 43.4. The van der Waals surface area contributed by atoms with Gasteiger partial charge in [0.15, 0.2) is 11.5 Å². The number of aromatic amines is 1. The molecule has 2 heterocycles. The molecule has 214 valence electrons. The number of fused-ring (bicyclic) bond motifs is 1. The van der Waals surface area contributed by atoms with E-state index >= 15 is 0 Å². The number of hydrogen-bond acceptors (Lipinski definition) is 7. The van der Waals surface area contributed by atoms with Gasteiger partial charge in [0.1, 0.15) is 12.6 Å². The molecule has 0 aliphatic heterocycles. The van der Waals surface area contributed by atoms with Crippen LogP contribution in [0.5, 0.6) is 11.5 Å². The first-order valence-electron chi connectivity index (χ1n) is 12.6. The van der Waals surface area contributed by atoms with Gasteiger partial charge in [-0.3, -0.25) is 23.9 Å². The maximum atomic E-state index is 13.3. The predicted molar refractivity (Wildman–Crippen MR) is 147 cm³/mol. The Hall–Kier alpha value is -3.96. The number of aromatic nitrogens is 3. The summed E-state index contributed by atoms with van der Waals surface area (Å²) in [4.78, 5) is 44.5. The number of carbonyl (C=O) groups is 1. The fourth-order valence-corrected chi connectivity index (χ4v) is 4.79. The van der Waals surface area contributed by atoms with Crippen LogP contribution in [0.15, 0.2) is 64.4 Å². The Kier molecular flexibility index (Phi) is 8.55. The highest BCUT2D eigenvalue weighted by molar-refractivity contribution is 6.35. The molecule has 41 heavy (non-hydrogen) atoms. The minimum absolute atomic E-state index is 0.0198. The van der Waals surface area contributed by atoms with Crippen molar-refractivity contribution in [3.05, 3.63) is 96.7 Å². The molecule has 0 spiro atoms. The number of pyridine rings is 1. The molecule has 1 unspecified atom stereocenters. The third-order valence-electron chi connectivity index (χ3n) is 6.51. The number of esters is 1. The summed E-state index contributed by atoms with van der Waals surface area (Å²) in [6, 6.07) is 10.7. The van der Waals surface area contributed by atoms with E-state index in [9.17, 15) is 23.2 Å². The van der Waals surface area contributed by atoms with E-state index in [2.05, 4.69) is 14.7 Å². The van der Waals surface area contributed by atoms with Crippen LogP contribution in [-0.2, 0) is 22.5 Å². The number of H-pyrrole nitrogens is 1. The molecule has 0 radical (unpaired) electrons. The minimum atomic E-state index is -3.07. The lowest BCUT2D eigenvalue weighted by atomic mass is 10.0. The zero-order chi connectivity index (χ0) is 29.1. The molecule has 5 rings (SSSR count). The molecule has 1 fully saturated rings. The second-order valence-corrected chi connectivity index (χ2v) is 10.3. The van der Waals surface area contributed by atoms with E-state index in [-0.39, 0.29) is 28.0 Å². The second kappa shape index (κ2) is 12.3. The number of rotatable bonds is 11. The van der Waals surface area contributed by atoms with Crippen molar-refractivity contribution >= 4 is 40.2 Å². The summed E-state index contributed by atoms with van der Waals surface area (Å²) in [6.45, 7) is -3.34. The van der Waals surface area contributed by atoms with Crippen LogP contribution in [0.2, 0.25) is 10.0 Å². The minimum Gasteiger partial charge on any atom is -0.489 e. The zero-order valence-electron chi connectivity index (χ0n) is 21.3. The first-order chi connectivity index (χ1) is 19.7. The number of hydrogen-bond donors (Lipinski definition) is 1. The van der Waals surface area contributed by atoms with Crippen LogP contribution in [0, 0.1) is 5.92 Å². The summed E-state index contributed by atoms with van der Waals surface area (Å²) in [6.07, 6.45) is 3.64. The van der Waals surface area contributed by atoms with Crippen molar-refractivity contribution in [1.82, 2.24) is 14.5 Å². The van der Waals surface area contributed by atoms with Crippen molar-refractivity contribution < 1.29 is 27.8 Å². The molecular weight excluding hydrogens is 583 g/mol. The van der Waals surface area contributed by atoms with E-state index in [4.69, 9.17) is 32.7 Å². The van der Waals surface area contributed by atoms with Gasteiger partial charge in [-0.25, -0.2) is 0 Å². The molecule has 0 amide bonds. The second-order valence-electron chi connectivity index (χ2n) is 9.47. The maximum absolute atomic E-state index is 13.3. The van der Waals surface area contributed by atoms with E-state index in [1.165, 1.54) is 30.6 Å². The van der Waals surface area contributed by atoms with Gasteiger partial charge in [-0.1, -0.05) is 41.4 Å². The first kappa shape index (κ1) is 28.6. The van der Waals surface area contributed by atoms with Gasteiger partial charge in [-0.05, 0) is 54.2 Å². The van der Waals surface area contributed by atoms with Crippen molar-refractivity contribution in [3.63, 3.8) is 0 Å². The molecule has 0 bridgehead atoms. The van der Waals surface area contributed by atoms with Gasteiger partial charge in [-0.2, -0.15) is 8.78 Å². The van der Waals surface area contributed by atoms with E-state index in [1.54, 1.807) is 24.3 Å². The molecule has 1 aliphatic rings. The van der Waals surface area contributed by atoms with Crippen molar-refractivity contribution in [2.75, 3.05) is 6.61 Å². The number of nitrogens with one attached hydrogen (secondary N) is 1.